The zero-order valence-electron chi connectivity index (χ0n) is 18.9. The van der Waals surface area contributed by atoms with Crippen LogP contribution in [0.15, 0.2) is 24.3 Å². The summed E-state index contributed by atoms with van der Waals surface area (Å²) in [6.45, 7) is 16.8. The predicted molar refractivity (Wildman–Crippen MR) is 125 cm³/mol. The van der Waals surface area contributed by atoms with Crippen LogP contribution in [0.4, 0.5) is 0 Å². The molecule has 0 radical (unpaired) electrons. The highest BCUT2D eigenvalue weighted by Gasteiger charge is 2.31. The zero-order chi connectivity index (χ0) is 22.4. The van der Waals surface area contributed by atoms with Gasteiger partial charge < -0.3 is 10.2 Å². The Kier molecular flexibility index (Phi) is 6.62. The summed E-state index contributed by atoms with van der Waals surface area (Å²) in [5, 5.41) is 21.4. The lowest BCUT2D eigenvalue weighted by atomic mass is 9.72. The molecule has 29 heavy (non-hydrogen) atoms. The molecule has 2 aromatic rings. The molecule has 2 N–H and O–H groups in total. The minimum atomic E-state index is -0.372. The highest BCUT2D eigenvalue weighted by molar-refractivity contribution is 6.17. The Morgan fingerprint density at radius 2 is 0.931 bits per heavy atom. The van der Waals surface area contributed by atoms with Crippen molar-refractivity contribution in [2.45, 2.75) is 83.4 Å². The molecule has 2 aromatic carbocycles. The average Bonchev–Trinajstić information content (AvgIpc) is 2.59. The van der Waals surface area contributed by atoms with Crippen LogP contribution in [0.5, 0.6) is 11.5 Å². The summed E-state index contributed by atoms with van der Waals surface area (Å²) in [5.41, 5.74) is 4.56. The fourth-order valence-corrected chi connectivity index (χ4v) is 4.03. The topological polar surface area (TPSA) is 40.5 Å². The van der Waals surface area contributed by atoms with Crippen molar-refractivity contribution in [1.29, 1.82) is 0 Å². The van der Waals surface area contributed by atoms with E-state index in [4.69, 9.17) is 23.2 Å². The maximum Gasteiger partial charge on any atom is 0.123 e. The molecule has 0 aliphatic rings. The van der Waals surface area contributed by atoms with Gasteiger partial charge in [-0.05, 0) is 33.1 Å². The molecule has 2 rings (SSSR count). The number of phenols is 2. The van der Waals surface area contributed by atoms with E-state index in [0.717, 1.165) is 33.4 Å². The van der Waals surface area contributed by atoms with Gasteiger partial charge in [0.15, 0.2) is 0 Å². The van der Waals surface area contributed by atoms with Gasteiger partial charge in [-0.15, -0.1) is 23.2 Å². The fourth-order valence-electron chi connectivity index (χ4n) is 3.62. The summed E-state index contributed by atoms with van der Waals surface area (Å²) in [5.74, 6) is 1.03. The minimum Gasteiger partial charge on any atom is -0.507 e. The molecule has 0 spiro atoms. The van der Waals surface area contributed by atoms with Gasteiger partial charge in [0.2, 0.25) is 0 Å². The lowest BCUT2D eigenvalue weighted by molar-refractivity contribution is 0.439. The maximum absolute atomic E-state index is 10.7. The Morgan fingerprint density at radius 1 is 0.621 bits per heavy atom. The first-order valence-corrected chi connectivity index (χ1v) is 11.1. The Balaban J connectivity index is 2.79. The van der Waals surface area contributed by atoms with Gasteiger partial charge in [-0.2, -0.15) is 0 Å². The smallest absolute Gasteiger partial charge is 0.123 e. The molecule has 4 heteroatoms. The van der Waals surface area contributed by atoms with Gasteiger partial charge in [0.05, 0.1) is 11.8 Å². The highest BCUT2D eigenvalue weighted by Crippen LogP contribution is 2.43. The van der Waals surface area contributed by atoms with E-state index in [1.807, 2.05) is 12.1 Å². The van der Waals surface area contributed by atoms with Crippen LogP contribution in [-0.4, -0.2) is 10.2 Å². The standard InChI is InChI=1S/C25H34Cl2O2/c1-23(2,3)19-11-17(9-15(13-26)21(19)28)25(7,8)18-10-16(14-27)22(29)20(12-18)24(4,5)6/h9-12,28-29H,13-14H2,1-8H3. The summed E-state index contributed by atoms with van der Waals surface area (Å²) in [6, 6.07) is 8.13. The van der Waals surface area contributed by atoms with Gasteiger partial charge in [-0.3, -0.25) is 0 Å². The molecule has 0 aliphatic heterocycles. The molecule has 0 bridgehead atoms. The first kappa shape index (κ1) is 23.9. The number of hydrogen-bond donors (Lipinski definition) is 2. The van der Waals surface area contributed by atoms with E-state index in [-0.39, 0.29) is 39.5 Å². The zero-order valence-corrected chi connectivity index (χ0v) is 20.4. The van der Waals surface area contributed by atoms with E-state index >= 15 is 0 Å². The maximum atomic E-state index is 10.7. The van der Waals surface area contributed by atoms with E-state index in [0.29, 0.717) is 0 Å². The first-order chi connectivity index (χ1) is 13.1. The monoisotopic (exact) mass is 436 g/mol. The third kappa shape index (κ3) is 4.70. The van der Waals surface area contributed by atoms with Crippen molar-refractivity contribution in [2.75, 3.05) is 0 Å². The second-order valence-electron chi connectivity index (χ2n) is 10.5. The van der Waals surface area contributed by atoms with Crippen LogP contribution in [0.3, 0.4) is 0 Å². The van der Waals surface area contributed by atoms with Crippen molar-refractivity contribution < 1.29 is 10.2 Å². The van der Waals surface area contributed by atoms with Crippen molar-refractivity contribution in [2.24, 2.45) is 0 Å². The SMILES string of the molecule is CC(C)(C)c1cc(C(C)(C)c2cc(CCl)c(O)c(C(C)(C)C)c2)cc(CCl)c1O. The van der Waals surface area contributed by atoms with E-state index in [2.05, 4.69) is 67.5 Å². The number of alkyl halides is 2. The number of hydrogen-bond acceptors (Lipinski definition) is 2. The summed E-state index contributed by atoms with van der Waals surface area (Å²) >= 11 is 12.3. The molecule has 0 aliphatic carbocycles. The number of rotatable bonds is 4. The van der Waals surface area contributed by atoms with Crippen LogP contribution >= 0.6 is 23.2 Å². The van der Waals surface area contributed by atoms with Gasteiger partial charge >= 0.3 is 0 Å². The third-order valence-electron chi connectivity index (χ3n) is 5.73. The summed E-state index contributed by atoms with van der Waals surface area (Å²) in [6.07, 6.45) is 0. The van der Waals surface area contributed by atoms with E-state index < -0.39 is 0 Å². The minimum absolute atomic E-state index is 0.218. The molecule has 0 amide bonds. The lowest BCUT2D eigenvalue weighted by Crippen LogP contribution is -2.23. The van der Waals surface area contributed by atoms with Crippen molar-refractivity contribution >= 4 is 23.2 Å². The second kappa shape index (κ2) is 8.04. The van der Waals surface area contributed by atoms with E-state index in [1.54, 1.807) is 0 Å². The second-order valence-corrected chi connectivity index (χ2v) is 11.0. The number of halogens is 2. The fraction of sp³-hybridized carbons (Fsp3) is 0.520. The van der Waals surface area contributed by atoms with Crippen LogP contribution in [0.2, 0.25) is 0 Å². The van der Waals surface area contributed by atoms with Gasteiger partial charge in [-0.25, -0.2) is 0 Å². The lowest BCUT2D eigenvalue weighted by Gasteiger charge is -2.32. The van der Waals surface area contributed by atoms with Gasteiger partial charge in [0.25, 0.3) is 0 Å². The molecule has 0 fully saturated rings. The molecular formula is C25H34Cl2O2. The van der Waals surface area contributed by atoms with Crippen molar-refractivity contribution in [3.05, 3.63) is 57.6 Å². The Hall–Kier alpha value is -1.38. The Morgan fingerprint density at radius 3 is 1.17 bits per heavy atom. The highest BCUT2D eigenvalue weighted by atomic mass is 35.5. The summed E-state index contributed by atoms with van der Waals surface area (Å²) in [4.78, 5) is 0. The molecular weight excluding hydrogens is 403 g/mol. The molecule has 0 atom stereocenters. The van der Waals surface area contributed by atoms with Crippen LogP contribution in [0.25, 0.3) is 0 Å². The molecule has 0 saturated heterocycles. The van der Waals surface area contributed by atoms with Crippen LogP contribution < -0.4 is 0 Å². The summed E-state index contributed by atoms with van der Waals surface area (Å²) < 4.78 is 0. The molecule has 0 heterocycles. The van der Waals surface area contributed by atoms with E-state index in [9.17, 15) is 10.2 Å². The molecule has 0 saturated carbocycles. The van der Waals surface area contributed by atoms with Crippen molar-refractivity contribution in [3.63, 3.8) is 0 Å². The van der Waals surface area contributed by atoms with Crippen LogP contribution in [-0.2, 0) is 28.0 Å². The Labute approximate surface area is 185 Å². The van der Waals surface area contributed by atoms with Gasteiger partial charge in [0.1, 0.15) is 11.5 Å². The van der Waals surface area contributed by atoms with E-state index in [1.165, 1.54) is 0 Å². The normalized spacial score (nSPS) is 13.0. The molecule has 0 unspecified atom stereocenters. The largest absolute Gasteiger partial charge is 0.507 e. The number of aromatic hydroxyl groups is 2. The third-order valence-corrected chi connectivity index (χ3v) is 6.30. The van der Waals surface area contributed by atoms with Gasteiger partial charge in [0, 0.05) is 16.5 Å². The number of benzene rings is 2. The van der Waals surface area contributed by atoms with Crippen molar-refractivity contribution in [1.82, 2.24) is 0 Å². The van der Waals surface area contributed by atoms with Crippen LogP contribution in [0, 0.1) is 0 Å². The quantitative estimate of drug-likeness (QED) is 0.486. The van der Waals surface area contributed by atoms with Gasteiger partial charge in [-0.1, -0.05) is 79.7 Å². The van der Waals surface area contributed by atoms with Crippen LogP contribution in [0.1, 0.15) is 88.8 Å². The summed E-state index contributed by atoms with van der Waals surface area (Å²) in [7, 11) is 0. The Bertz CT molecular complexity index is 827. The van der Waals surface area contributed by atoms with Crippen molar-refractivity contribution in [3.8, 4) is 11.5 Å². The first-order valence-electron chi connectivity index (χ1n) is 10.00. The molecule has 0 aromatic heterocycles. The average molecular weight is 437 g/mol. The molecule has 2 nitrogen and oxygen atoms in total. The predicted octanol–water partition coefficient (Wildman–Crippen LogP) is 7.50. The molecule has 160 valence electrons. The number of phenolic OH excluding ortho intramolecular Hbond substituents is 2.